The molecular weight excluding hydrogens is 198 g/mol. The van der Waals surface area contributed by atoms with Crippen molar-refractivity contribution in [2.45, 2.75) is 19.8 Å². The van der Waals surface area contributed by atoms with Crippen LogP contribution < -0.4 is 11.1 Å². The first kappa shape index (κ1) is 11.3. The van der Waals surface area contributed by atoms with Gasteiger partial charge in [0.15, 0.2) is 0 Å². The van der Waals surface area contributed by atoms with Gasteiger partial charge in [-0.3, -0.25) is 0 Å². The average molecular weight is 219 g/mol. The van der Waals surface area contributed by atoms with Gasteiger partial charge < -0.3 is 16.0 Å². The van der Waals surface area contributed by atoms with E-state index in [2.05, 4.69) is 23.2 Å². The molecule has 1 fully saturated rings. The Morgan fingerprint density at radius 1 is 1.31 bits per heavy atom. The Morgan fingerprint density at radius 2 is 2.06 bits per heavy atom. The quantitative estimate of drug-likeness (QED) is 0.762. The summed E-state index contributed by atoms with van der Waals surface area (Å²) in [4.78, 5) is 2.50. The summed E-state index contributed by atoms with van der Waals surface area (Å²) in [6.45, 7) is 6.70. The summed E-state index contributed by atoms with van der Waals surface area (Å²) >= 11 is 0. The molecule has 0 aliphatic carbocycles. The zero-order valence-electron chi connectivity index (χ0n) is 10.00. The van der Waals surface area contributed by atoms with Crippen molar-refractivity contribution < 1.29 is 0 Å². The summed E-state index contributed by atoms with van der Waals surface area (Å²) in [5, 5.41) is 3.41. The lowest BCUT2D eigenvalue weighted by Gasteiger charge is -2.16. The van der Waals surface area contributed by atoms with Gasteiger partial charge in [-0.2, -0.15) is 0 Å². The average Bonchev–Trinajstić information content (AvgIpc) is 2.76. The number of nitrogens with one attached hydrogen (secondary N) is 1. The van der Waals surface area contributed by atoms with Crippen LogP contribution in [0.25, 0.3) is 0 Å². The summed E-state index contributed by atoms with van der Waals surface area (Å²) < 4.78 is 0. The van der Waals surface area contributed by atoms with E-state index in [1.165, 1.54) is 31.5 Å². The van der Waals surface area contributed by atoms with Crippen LogP contribution in [0.5, 0.6) is 0 Å². The van der Waals surface area contributed by atoms with Crippen LogP contribution in [-0.2, 0) is 0 Å². The minimum Gasteiger partial charge on any atom is -0.397 e. The number of aryl methyl sites for hydroxylation is 1. The normalized spacial score (nSPS) is 16.6. The molecule has 3 N–H and O–H groups in total. The van der Waals surface area contributed by atoms with Crippen LogP contribution in [0.1, 0.15) is 18.4 Å². The Morgan fingerprint density at radius 3 is 2.81 bits per heavy atom. The first-order valence-corrected chi connectivity index (χ1v) is 6.08. The molecule has 1 aromatic carbocycles. The fraction of sp³-hybridized carbons (Fsp3) is 0.538. The van der Waals surface area contributed by atoms with Crippen LogP contribution in [0.3, 0.4) is 0 Å². The van der Waals surface area contributed by atoms with E-state index in [0.717, 1.165) is 24.5 Å². The van der Waals surface area contributed by atoms with Gasteiger partial charge in [-0.25, -0.2) is 0 Å². The van der Waals surface area contributed by atoms with Crippen molar-refractivity contribution in [3.05, 3.63) is 23.8 Å². The van der Waals surface area contributed by atoms with Crippen LogP contribution in [0, 0.1) is 6.92 Å². The summed E-state index contributed by atoms with van der Waals surface area (Å²) in [7, 11) is 0. The second kappa shape index (κ2) is 5.21. The molecule has 16 heavy (non-hydrogen) atoms. The van der Waals surface area contributed by atoms with E-state index < -0.39 is 0 Å². The summed E-state index contributed by atoms with van der Waals surface area (Å²) in [5.41, 5.74) is 9.06. The molecule has 2 rings (SSSR count). The SMILES string of the molecule is Cc1ccc(N)c(NCCN2CCCC2)c1. The highest BCUT2D eigenvalue weighted by Gasteiger charge is 2.10. The van der Waals surface area contributed by atoms with Gasteiger partial charge in [-0.05, 0) is 50.6 Å². The van der Waals surface area contributed by atoms with Crippen molar-refractivity contribution in [2.75, 3.05) is 37.2 Å². The van der Waals surface area contributed by atoms with Gasteiger partial charge in [0.1, 0.15) is 0 Å². The number of anilines is 2. The van der Waals surface area contributed by atoms with E-state index in [4.69, 9.17) is 5.73 Å². The number of hydrogen-bond acceptors (Lipinski definition) is 3. The Balaban J connectivity index is 1.82. The van der Waals surface area contributed by atoms with Gasteiger partial charge in [0.05, 0.1) is 11.4 Å². The molecule has 88 valence electrons. The minimum absolute atomic E-state index is 0.840. The zero-order valence-corrected chi connectivity index (χ0v) is 10.00. The summed E-state index contributed by atoms with van der Waals surface area (Å²) in [6, 6.07) is 6.12. The van der Waals surface area contributed by atoms with Crippen molar-refractivity contribution >= 4 is 11.4 Å². The molecule has 0 amide bonds. The summed E-state index contributed by atoms with van der Waals surface area (Å²) in [6.07, 6.45) is 2.71. The van der Waals surface area contributed by atoms with E-state index in [1.807, 2.05) is 12.1 Å². The van der Waals surface area contributed by atoms with Crippen molar-refractivity contribution in [2.24, 2.45) is 0 Å². The van der Waals surface area contributed by atoms with E-state index in [9.17, 15) is 0 Å². The molecule has 3 nitrogen and oxygen atoms in total. The van der Waals surface area contributed by atoms with E-state index >= 15 is 0 Å². The smallest absolute Gasteiger partial charge is 0.0577 e. The maximum Gasteiger partial charge on any atom is 0.0577 e. The molecule has 0 saturated carbocycles. The number of nitrogens with two attached hydrogens (primary N) is 1. The molecule has 3 heteroatoms. The van der Waals surface area contributed by atoms with Crippen molar-refractivity contribution in [3.8, 4) is 0 Å². The molecular formula is C13H21N3. The predicted molar refractivity (Wildman–Crippen MR) is 69.8 cm³/mol. The van der Waals surface area contributed by atoms with Crippen LogP contribution >= 0.6 is 0 Å². The van der Waals surface area contributed by atoms with Crippen molar-refractivity contribution in [3.63, 3.8) is 0 Å². The third-order valence-corrected chi connectivity index (χ3v) is 3.15. The number of rotatable bonds is 4. The van der Waals surface area contributed by atoms with E-state index in [0.29, 0.717) is 0 Å². The Hall–Kier alpha value is -1.22. The maximum atomic E-state index is 5.91. The van der Waals surface area contributed by atoms with Gasteiger partial charge in [0, 0.05) is 13.1 Å². The molecule has 0 bridgehead atoms. The van der Waals surface area contributed by atoms with Crippen LogP contribution in [0.15, 0.2) is 18.2 Å². The topological polar surface area (TPSA) is 41.3 Å². The molecule has 1 saturated heterocycles. The molecule has 1 heterocycles. The highest BCUT2D eigenvalue weighted by Crippen LogP contribution is 2.19. The van der Waals surface area contributed by atoms with E-state index in [-0.39, 0.29) is 0 Å². The lowest BCUT2D eigenvalue weighted by Crippen LogP contribution is -2.26. The van der Waals surface area contributed by atoms with Crippen LogP contribution in [-0.4, -0.2) is 31.1 Å². The van der Waals surface area contributed by atoms with Gasteiger partial charge in [0.25, 0.3) is 0 Å². The van der Waals surface area contributed by atoms with Gasteiger partial charge in [-0.15, -0.1) is 0 Å². The molecule has 1 aliphatic heterocycles. The molecule has 0 spiro atoms. The Labute approximate surface area is 97.6 Å². The molecule has 0 atom stereocenters. The molecule has 0 unspecified atom stereocenters. The number of nitrogens with zero attached hydrogens (tertiary/aromatic N) is 1. The second-order valence-electron chi connectivity index (χ2n) is 4.57. The molecule has 1 aromatic rings. The third kappa shape index (κ3) is 2.89. The van der Waals surface area contributed by atoms with Gasteiger partial charge >= 0.3 is 0 Å². The zero-order chi connectivity index (χ0) is 11.4. The fourth-order valence-electron chi connectivity index (χ4n) is 2.18. The van der Waals surface area contributed by atoms with Crippen LogP contribution in [0.2, 0.25) is 0 Å². The highest BCUT2D eigenvalue weighted by atomic mass is 15.1. The maximum absolute atomic E-state index is 5.91. The first-order chi connectivity index (χ1) is 7.75. The lowest BCUT2D eigenvalue weighted by molar-refractivity contribution is 0.353. The number of hydrogen-bond donors (Lipinski definition) is 2. The van der Waals surface area contributed by atoms with Gasteiger partial charge in [-0.1, -0.05) is 6.07 Å². The Kier molecular flexibility index (Phi) is 3.67. The van der Waals surface area contributed by atoms with Crippen molar-refractivity contribution in [1.82, 2.24) is 4.90 Å². The third-order valence-electron chi connectivity index (χ3n) is 3.15. The number of nitrogen functional groups attached to an aromatic ring is 1. The van der Waals surface area contributed by atoms with Crippen LogP contribution in [0.4, 0.5) is 11.4 Å². The second-order valence-corrected chi connectivity index (χ2v) is 4.57. The highest BCUT2D eigenvalue weighted by molar-refractivity contribution is 5.66. The largest absolute Gasteiger partial charge is 0.397 e. The molecule has 1 aliphatic rings. The lowest BCUT2D eigenvalue weighted by atomic mass is 10.2. The molecule has 0 radical (unpaired) electrons. The number of benzene rings is 1. The monoisotopic (exact) mass is 219 g/mol. The standard InChI is InChI=1S/C13H21N3/c1-11-4-5-12(14)13(10-11)15-6-9-16-7-2-3-8-16/h4-5,10,15H,2-3,6-9,14H2,1H3. The number of likely N-dealkylation sites (tertiary alicyclic amines) is 1. The minimum atomic E-state index is 0.840. The van der Waals surface area contributed by atoms with Gasteiger partial charge in [0.2, 0.25) is 0 Å². The summed E-state index contributed by atoms with van der Waals surface area (Å²) in [5.74, 6) is 0. The Bertz CT molecular complexity index is 343. The predicted octanol–water partition coefficient (Wildman–Crippen LogP) is 2.08. The molecule has 0 aromatic heterocycles. The van der Waals surface area contributed by atoms with E-state index in [1.54, 1.807) is 0 Å². The van der Waals surface area contributed by atoms with Crippen molar-refractivity contribution in [1.29, 1.82) is 0 Å². The fourth-order valence-corrected chi connectivity index (χ4v) is 2.18. The first-order valence-electron chi connectivity index (χ1n) is 6.08.